The molecule has 3 aromatic carbocycles. The van der Waals surface area contributed by atoms with Crippen LogP contribution in [-0.2, 0) is 6.42 Å². The standard InChI is InChI=1S/C26H21F2NO4/c1-29-25(30)23-21-14-20(16-4-2-5-18(12-16)26(31)32)17(6-3-11-27)13-22(21)33-24(23)15-7-9-19(28)10-8-15/h2,4-5,7-10,12-14H,3,6,11H2,1H3,(H,29,30)(H,31,32). The van der Waals surface area contributed by atoms with Gasteiger partial charge in [-0.3, -0.25) is 9.18 Å². The van der Waals surface area contributed by atoms with E-state index in [0.29, 0.717) is 34.1 Å². The molecule has 1 amide bonds. The molecule has 0 unspecified atom stereocenters. The number of rotatable bonds is 7. The lowest BCUT2D eigenvalue weighted by Gasteiger charge is -2.11. The normalized spacial score (nSPS) is 11.0. The Morgan fingerprint density at radius 1 is 1.03 bits per heavy atom. The Hall–Kier alpha value is -4.00. The molecule has 0 saturated carbocycles. The van der Waals surface area contributed by atoms with Gasteiger partial charge in [0.15, 0.2) is 0 Å². The predicted molar refractivity (Wildman–Crippen MR) is 122 cm³/mol. The highest BCUT2D eigenvalue weighted by Gasteiger charge is 2.23. The topological polar surface area (TPSA) is 79.5 Å². The van der Waals surface area contributed by atoms with Crippen molar-refractivity contribution in [3.05, 3.63) is 83.2 Å². The number of furan rings is 1. The van der Waals surface area contributed by atoms with Gasteiger partial charge in [0, 0.05) is 18.0 Å². The van der Waals surface area contributed by atoms with E-state index >= 15 is 0 Å². The van der Waals surface area contributed by atoms with Crippen molar-refractivity contribution in [1.29, 1.82) is 0 Å². The minimum absolute atomic E-state index is 0.120. The summed E-state index contributed by atoms with van der Waals surface area (Å²) in [7, 11) is 1.50. The Morgan fingerprint density at radius 3 is 2.45 bits per heavy atom. The van der Waals surface area contributed by atoms with Crippen LogP contribution < -0.4 is 5.32 Å². The summed E-state index contributed by atoms with van der Waals surface area (Å²) in [6, 6.07) is 15.6. The van der Waals surface area contributed by atoms with Crippen LogP contribution >= 0.6 is 0 Å². The molecule has 2 N–H and O–H groups in total. The molecule has 0 atom stereocenters. The highest BCUT2D eigenvalue weighted by atomic mass is 19.1. The molecule has 0 spiro atoms. The third kappa shape index (κ3) is 4.35. The van der Waals surface area contributed by atoms with E-state index in [1.54, 1.807) is 30.3 Å². The fourth-order valence-corrected chi connectivity index (χ4v) is 3.89. The minimum Gasteiger partial charge on any atom is -0.478 e. The molecular weight excluding hydrogens is 428 g/mol. The average molecular weight is 449 g/mol. The zero-order valence-corrected chi connectivity index (χ0v) is 17.8. The maximum absolute atomic E-state index is 13.5. The van der Waals surface area contributed by atoms with Gasteiger partial charge in [0.25, 0.3) is 5.91 Å². The number of carbonyl (C=O) groups excluding carboxylic acids is 1. The van der Waals surface area contributed by atoms with Crippen LogP contribution in [0.5, 0.6) is 0 Å². The summed E-state index contributed by atoms with van der Waals surface area (Å²) in [4.78, 5) is 24.3. The molecular formula is C26H21F2NO4. The molecule has 0 fully saturated rings. The van der Waals surface area contributed by atoms with Gasteiger partial charge in [-0.2, -0.15) is 0 Å². The summed E-state index contributed by atoms with van der Waals surface area (Å²) in [5.74, 6) is -1.56. The summed E-state index contributed by atoms with van der Waals surface area (Å²) in [6.45, 7) is -0.505. The van der Waals surface area contributed by atoms with E-state index in [0.717, 1.165) is 5.56 Å². The summed E-state index contributed by atoms with van der Waals surface area (Å²) >= 11 is 0. The first-order valence-corrected chi connectivity index (χ1v) is 10.4. The molecule has 4 rings (SSSR count). The highest BCUT2D eigenvalue weighted by Crippen LogP contribution is 2.38. The van der Waals surface area contributed by atoms with E-state index in [1.165, 1.54) is 37.4 Å². The first-order chi connectivity index (χ1) is 15.9. The van der Waals surface area contributed by atoms with E-state index in [1.807, 2.05) is 0 Å². The number of nitrogens with one attached hydrogen (secondary N) is 1. The van der Waals surface area contributed by atoms with Gasteiger partial charge in [-0.05, 0) is 78.1 Å². The molecule has 1 heterocycles. The largest absolute Gasteiger partial charge is 0.478 e. The SMILES string of the molecule is CNC(=O)c1c(-c2ccc(F)cc2)oc2cc(CCCF)c(-c3cccc(C(=O)O)c3)cc12. The zero-order chi connectivity index (χ0) is 23.5. The first-order valence-electron chi connectivity index (χ1n) is 10.4. The third-order valence-corrected chi connectivity index (χ3v) is 5.47. The number of alkyl halides is 1. The maximum atomic E-state index is 13.5. The second-order valence-electron chi connectivity index (χ2n) is 7.58. The van der Waals surface area contributed by atoms with E-state index in [2.05, 4.69) is 5.32 Å². The number of hydrogen-bond acceptors (Lipinski definition) is 3. The van der Waals surface area contributed by atoms with Crippen molar-refractivity contribution in [2.24, 2.45) is 0 Å². The average Bonchev–Trinajstić information content (AvgIpc) is 3.20. The Labute approximate surface area is 188 Å². The molecule has 0 aliphatic heterocycles. The van der Waals surface area contributed by atoms with Crippen molar-refractivity contribution in [2.45, 2.75) is 12.8 Å². The number of carboxylic acids is 1. The van der Waals surface area contributed by atoms with Crippen molar-refractivity contribution in [3.63, 3.8) is 0 Å². The smallest absolute Gasteiger partial charge is 0.335 e. The number of amides is 1. The first kappa shape index (κ1) is 22.2. The van der Waals surface area contributed by atoms with Crippen molar-refractivity contribution in [3.8, 4) is 22.5 Å². The lowest BCUT2D eigenvalue weighted by atomic mass is 9.93. The lowest BCUT2D eigenvalue weighted by Crippen LogP contribution is -2.18. The van der Waals surface area contributed by atoms with Crippen LogP contribution in [0.25, 0.3) is 33.4 Å². The highest BCUT2D eigenvalue weighted by molar-refractivity contribution is 6.12. The molecule has 0 bridgehead atoms. The van der Waals surface area contributed by atoms with Gasteiger partial charge in [-0.15, -0.1) is 0 Å². The van der Waals surface area contributed by atoms with Gasteiger partial charge in [-0.25, -0.2) is 9.18 Å². The summed E-state index contributed by atoms with van der Waals surface area (Å²) < 4.78 is 32.5. The van der Waals surface area contributed by atoms with Gasteiger partial charge in [-0.1, -0.05) is 12.1 Å². The van der Waals surface area contributed by atoms with Crippen LogP contribution in [-0.4, -0.2) is 30.7 Å². The van der Waals surface area contributed by atoms with Crippen molar-refractivity contribution in [1.82, 2.24) is 5.32 Å². The van der Waals surface area contributed by atoms with Crippen LogP contribution in [0.1, 0.15) is 32.7 Å². The second-order valence-corrected chi connectivity index (χ2v) is 7.58. The van der Waals surface area contributed by atoms with E-state index < -0.39 is 18.5 Å². The molecule has 5 nitrogen and oxygen atoms in total. The molecule has 0 radical (unpaired) electrons. The molecule has 33 heavy (non-hydrogen) atoms. The number of hydrogen-bond donors (Lipinski definition) is 2. The monoisotopic (exact) mass is 449 g/mol. The molecule has 7 heteroatoms. The number of carboxylic acid groups (broad SMARTS) is 1. The molecule has 4 aromatic rings. The van der Waals surface area contributed by atoms with Crippen LogP contribution in [0.4, 0.5) is 8.78 Å². The predicted octanol–water partition coefficient (Wildman–Crippen LogP) is 5.87. The summed E-state index contributed by atoms with van der Waals surface area (Å²) in [6.07, 6.45) is 0.686. The summed E-state index contributed by atoms with van der Waals surface area (Å²) in [5, 5.41) is 12.5. The number of carbonyl (C=O) groups is 2. The molecule has 1 aromatic heterocycles. The fourth-order valence-electron chi connectivity index (χ4n) is 3.89. The van der Waals surface area contributed by atoms with Crippen molar-refractivity contribution >= 4 is 22.8 Å². The van der Waals surface area contributed by atoms with Gasteiger partial charge in [0.1, 0.15) is 17.2 Å². The van der Waals surface area contributed by atoms with Gasteiger partial charge in [0.05, 0.1) is 17.8 Å². The Kier molecular flexibility index (Phi) is 6.22. The van der Waals surface area contributed by atoms with Crippen LogP contribution in [0.3, 0.4) is 0 Å². The molecule has 0 aliphatic rings. The van der Waals surface area contributed by atoms with E-state index in [-0.39, 0.29) is 29.2 Å². The van der Waals surface area contributed by atoms with Crippen molar-refractivity contribution < 1.29 is 27.9 Å². The zero-order valence-electron chi connectivity index (χ0n) is 17.8. The molecule has 168 valence electrons. The summed E-state index contributed by atoms with van der Waals surface area (Å²) in [5.41, 5.74) is 3.46. The Bertz CT molecular complexity index is 1340. The molecule has 0 aliphatic carbocycles. The third-order valence-electron chi connectivity index (χ3n) is 5.47. The number of halogens is 2. The van der Waals surface area contributed by atoms with Crippen molar-refractivity contribution in [2.75, 3.05) is 13.7 Å². The Morgan fingerprint density at radius 2 is 1.79 bits per heavy atom. The van der Waals surface area contributed by atoms with Gasteiger partial charge in [0.2, 0.25) is 0 Å². The minimum atomic E-state index is -1.06. The molecule has 0 saturated heterocycles. The lowest BCUT2D eigenvalue weighted by molar-refractivity contribution is 0.0696. The quantitative estimate of drug-likeness (QED) is 0.370. The fraction of sp³-hybridized carbons (Fsp3) is 0.154. The van der Waals surface area contributed by atoms with Gasteiger partial charge < -0.3 is 14.8 Å². The van der Waals surface area contributed by atoms with Crippen LogP contribution in [0.2, 0.25) is 0 Å². The number of aryl methyl sites for hydroxylation is 1. The van der Waals surface area contributed by atoms with Crippen LogP contribution in [0.15, 0.2) is 65.1 Å². The van der Waals surface area contributed by atoms with Gasteiger partial charge >= 0.3 is 5.97 Å². The van der Waals surface area contributed by atoms with E-state index in [9.17, 15) is 23.5 Å². The van der Waals surface area contributed by atoms with Crippen LogP contribution in [0, 0.1) is 5.82 Å². The number of fused-ring (bicyclic) bond motifs is 1. The number of aromatic carboxylic acids is 1. The van der Waals surface area contributed by atoms with E-state index in [4.69, 9.17) is 4.42 Å². The maximum Gasteiger partial charge on any atom is 0.335 e. The second kappa shape index (κ2) is 9.24. The Balaban J connectivity index is 1.99. The number of benzene rings is 3.